The van der Waals surface area contributed by atoms with E-state index in [0.29, 0.717) is 13.0 Å². The average Bonchev–Trinajstić information content (AvgIpc) is 3.28. The zero-order valence-corrected chi connectivity index (χ0v) is 54.1. The van der Waals surface area contributed by atoms with Crippen molar-refractivity contribution in [2.45, 2.75) is 234 Å². The van der Waals surface area contributed by atoms with Crippen LogP contribution in [-0.4, -0.2) is 109 Å². The highest BCUT2D eigenvalue weighted by molar-refractivity contribution is 6.75. The first-order valence-corrected chi connectivity index (χ1v) is 36.2. The number of rotatable bonds is 24. The Balaban J connectivity index is 1.94. The fourth-order valence-electron chi connectivity index (χ4n) is 9.51. The molecule has 0 amide bonds. The number of benzene rings is 1. The van der Waals surface area contributed by atoms with E-state index in [9.17, 15) is 0 Å². The molecular weight excluding hydrogens is 969 g/mol. The van der Waals surface area contributed by atoms with E-state index in [4.69, 9.17) is 51.2 Å². The Morgan fingerprint density at radius 1 is 0.712 bits per heavy atom. The SMILES string of the molecule is COCO[C@@H]([C@@H](C)C#C[C@H](C[C@@H]1O[C@@H](O[Si](C)(C)C(C)(C)C)[C@H](C)[C@@H](O[Si](C)(C)C(C)(C)C)[C@H]1C)OCOC)[C@@H](C)/C=C(/C)C[C@H](C)[C@@H](O[Si](C)(C)C(C)(C)C)[C@H](C)[C@H]1OC(c2ccc(OC)cc2)OC[C@@H]1C. The van der Waals surface area contributed by atoms with Crippen molar-refractivity contribution < 1.29 is 51.2 Å². The third kappa shape index (κ3) is 18.3. The number of hydrogen-bond donors (Lipinski definition) is 0. The predicted octanol–water partition coefficient (Wildman–Crippen LogP) is 14.8. The van der Waals surface area contributed by atoms with Crippen molar-refractivity contribution in [3.63, 3.8) is 0 Å². The van der Waals surface area contributed by atoms with Crippen LogP contribution < -0.4 is 4.74 Å². The van der Waals surface area contributed by atoms with Crippen LogP contribution in [0.15, 0.2) is 35.9 Å². The van der Waals surface area contributed by atoms with Crippen LogP contribution in [0.4, 0.5) is 0 Å². The number of methoxy groups -OCH3 is 3. The summed E-state index contributed by atoms with van der Waals surface area (Å²) in [5, 5.41) is 0.108. The first-order valence-electron chi connectivity index (χ1n) is 27.5. The van der Waals surface area contributed by atoms with Crippen LogP contribution in [0.3, 0.4) is 0 Å². The quantitative estimate of drug-likeness (QED) is 0.0428. The molecule has 2 fully saturated rings. The van der Waals surface area contributed by atoms with Crippen LogP contribution in [0.2, 0.25) is 54.4 Å². The summed E-state index contributed by atoms with van der Waals surface area (Å²) in [6, 6.07) is 7.98. The molecular formula is C59H108O11Si3. The summed E-state index contributed by atoms with van der Waals surface area (Å²) >= 11 is 0. The molecule has 1 unspecified atom stereocenters. The van der Waals surface area contributed by atoms with Gasteiger partial charge in [-0.05, 0) is 92.7 Å². The van der Waals surface area contributed by atoms with Gasteiger partial charge in [-0.2, -0.15) is 0 Å². The van der Waals surface area contributed by atoms with Crippen molar-refractivity contribution in [1.29, 1.82) is 0 Å². The summed E-state index contributed by atoms with van der Waals surface area (Å²) in [6.07, 6.45) is 1.80. The summed E-state index contributed by atoms with van der Waals surface area (Å²) in [5.74, 6) is 8.42. The van der Waals surface area contributed by atoms with E-state index in [-0.39, 0.29) is 101 Å². The van der Waals surface area contributed by atoms with Crippen LogP contribution in [0.25, 0.3) is 0 Å². The minimum atomic E-state index is -2.20. The molecule has 0 N–H and O–H groups in total. The predicted molar refractivity (Wildman–Crippen MR) is 306 cm³/mol. The highest BCUT2D eigenvalue weighted by atomic mass is 28.4. The molecule has 0 aromatic heterocycles. The lowest BCUT2D eigenvalue weighted by atomic mass is 9.81. The van der Waals surface area contributed by atoms with Crippen molar-refractivity contribution in [2.75, 3.05) is 41.5 Å². The van der Waals surface area contributed by atoms with Gasteiger partial charge in [-0.1, -0.05) is 139 Å². The number of allylic oxidation sites excluding steroid dienone is 1. The van der Waals surface area contributed by atoms with E-state index in [2.05, 4.69) is 175 Å². The van der Waals surface area contributed by atoms with Crippen LogP contribution in [0.5, 0.6) is 5.75 Å². The van der Waals surface area contributed by atoms with Crippen LogP contribution in [-0.2, 0) is 46.4 Å². The van der Waals surface area contributed by atoms with E-state index in [1.807, 2.05) is 24.3 Å². The Morgan fingerprint density at radius 3 is 1.79 bits per heavy atom. The zero-order chi connectivity index (χ0) is 55.7. The Labute approximate surface area is 450 Å². The van der Waals surface area contributed by atoms with Gasteiger partial charge in [-0.15, -0.1) is 0 Å². The number of hydrogen-bond acceptors (Lipinski definition) is 11. The molecule has 3 rings (SSSR count). The molecule has 1 aromatic carbocycles. The third-order valence-corrected chi connectivity index (χ3v) is 30.7. The molecule has 2 heterocycles. The lowest BCUT2D eigenvalue weighted by molar-refractivity contribution is -0.256. The zero-order valence-electron chi connectivity index (χ0n) is 51.1. The monoisotopic (exact) mass is 1080 g/mol. The molecule has 0 radical (unpaired) electrons. The van der Waals surface area contributed by atoms with E-state index in [1.54, 1.807) is 21.3 Å². The fraction of sp³-hybridized carbons (Fsp3) is 0.831. The van der Waals surface area contributed by atoms with Crippen molar-refractivity contribution in [2.24, 2.45) is 41.4 Å². The highest BCUT2D eigenvalue weighted by Gasteiger charge is 2.51. The van der Waals surface area contributed by atoms with Gasteiger partial charge < -0.3 is 51.2 Å². The standard InChI is InChI=1S/C59H108O11Si3/c1-39(34-42(4)53(68-71(21,22)57(9,10)11)45(7)52-43(5)36-63-56(67-52)47-28-31-48(62-20)32-29-47)33-41(3)51(65-38-61-19)40(2)27-30-49(64-37-60-18)35-50-44(6)54(69-72(23,24)58(12,13)14)46(8)55(66-50)70-73(25,26)59(15,16)17/h28-29,31-33,40-46,49-56H,34-38H2,1-26H3/b39-33-/t40-,41-,42-,43-,44-,45+,46+,49+,50-,51-,52-,53+,54-,55-,56?/m0/s1. The molecule has 2 aliphatic heterocycles. The van der Waals surface area contributed by atoms with Crippen LogP contribution in [0, 0.1) is 53.3 Å². The maximum Gasteiger partial charge on any atom is 0.195 e. The normalized spacial score (nSPS) is 27.0. The largest absolute Gasteiger partial charge is 0.497 e. The van der Waals surface area contributed by atoms with Gasteiger partial charge in [0.25, 0.3) is 0 Å². The molecule has 0 spiro atoms. The van der Waals surface area contributed by atoms with Gasteiger partial charge in [-0.25, -0.2) is 0 Å². The van der Waals surface area contributed by atoms with E-state index in [1.165, 1.54) is 5.57 Å². The Kier molecular flexibility index (Phi) is 24.8. The summed E-state index contributed by atoms with van der Waals surface area (Å²) in [4.78, 5) is 0. The van der Waals surface area contributed by atoms with Gasteiger partial charge in [0, 0.05) is 61.7 Å². The summed E-state index contributed by atoms with van der Waals surface area (Å²) in [7, 11) is -1.56. The van der Waals surface area contributed by atoms with Gasteiger partial charge in [0.05, 0.1) is 44.2 Å². The molecule has 0 bridgehead atoms. The number of ether oxygens (including phenoxy) is 8. The molecule has 73 heavy (non-hydrogen) atoms. The summed E-state index contributed by atoms with van der Waals surface area (Å²) in [5.41, 5.74) is 2.26. The van der Waals surface area contributed by atoms with Gasteiger partial charge in [0.15, 0.2) is 37.5 Å². The molecule has 422 valence electrons. The Hall–Kier alpha value is -1.43. The molecule has 2 saturated heterocycles. The minimum Gasteiger partial charge on any atom is -0.497 e. The minimum absolute atomic E-state index is 0.0174. The van der Waals surface area contributed by atoms with E-state index < -0.39 is 43.6 Å². The second-order valence-electron chi connectivity index (χ2n) is 26.7. The van der Waals surface area contributed by atoms with Crippen LogP contribution >= 0.6 is 0 Å². The second kappa shape index (κ2) is 27.4. The molecule has 1 aromatic rings. The Bertz CT molecular complexity index is 1890. The van der Waals surface area contributed by atoms with Crippen molar-refractivity contribution in [1.82, 2.24) is 0 Å². The highest BCUT2D eigenvalue weighted by Crippen LogP contribution is 2.46. The second-order valence-corrected chi connectivity index (χ2v) is 40.9. The lowest BCUT2D eigenvalue weighted by Crippen LogP contribution is -2.58. The van der Waals surface area contributed by atoms with Gasteiger partial charge in [-0.3, -0.25) is 0 Å². The third-order valence-electron chi connectivity index (χ3n) is 17.3. The lowest BCUT2D eigenvalue weighted by Gasteiger charge is -2.51. The first kappa shape index (κ1) is 65.9. The molecule has 14 heteroatoms. The fourth-order valence-corrected chi connectivity index (χ4v) is 13.7. The topological polar surface area (TPSA) is 102 Å². The van der Waals surface area contributed by atoms with Crippen LogP contribution in [0.1, 0.15) is 142 Å². The van der Waals surface area contributed by atoms with Gasteiger partial charge in [0.2, 0.25) is 0 Å². The van der Waals surface area contributed by atoms with E-state index >= 15 is 0 Å². The Morgan fingerprint density at radius 2 is 1.26 bits per heavy atom. The maximum atomic E-state index is 7.45. The molecule has 11 nitrogen and oxygen atoms in total. The van der Waals surface area contributed by atoms with Crippen molar-refractivity contribution in [3.05, 3.63) is 41.5 Å². The molecule has 15 atom stereocenters. The van der Waals surface area contributed by atoms with Crippen molar-refractivity contribution in [3.8, 4) is 17.6 Å². The average molecular weight is 1080 g/mol. The maximum absolute atomic E-state index is 7.45. The first-order chi connectivity index (χ1) is 33.5. The van der Waals surface area contributed by atoms with E-state index in [0.717, 1.165) is 17.7 Å². The molecule has 2 aliphatic rings. The van der Waals surface area contributed by atoms with Gasteiger partial charge >= 0.3 is 0 Å². The summed E-state index contributed by atoms with van der Waals surface area (Å²) < 4.78 is 71.3. The smallest absolute Gasteiger partial charge is 0.195 e. The summed E-state index contributed by atoms with van der Waals surface area (Å²) in [6.45, 7) is 53.5. The molecule has 0 aliphatic carbocycles. The van der Waals surface area contributed by atoms with Gasteiger partial charge in [0.1, 0.15) is 25.4 Å². The van der Waals surface area contributed by atoms with Crippen molar-refractivity contribution >= 4 is 25.0 Å². The molecule has 0 saturated carbocycles.